The van der Waals surface area contributed by atoms with E-state index in [0.29, 0.717) is 29.5 Å². The molecule has 0 aromatic heterocycles. The van der Waals surface area contributed by atoms with Gasteiger partial charge in [0.1, 0.15) is 11.6 Å². The van der Waals surface area contributed by atoms with Crippen LogP contribution in [-0.2, 0) is 6.42 Å². The Hall–Kier alpha value is -0.960. The first kappa shape index (κ1) is 10.6. The normalized spacial score (nSPS) is 20.9. The van der Waals surface area contributed by atoms with Gasteiger partial charge in [0.05, 0.1) is 6.10 Å². The monoisotopic (exact) mass is 212 g/mol. The summed E-state index contributed by atoms with van der Waals surface area (Å²) in [5.41, 5.74) is 1.37. The van der Waals surface area contributed by atoms with E-state index in [2.05, 4.69) is 0 Å². The topological polar surface area (TPSA) is 20.2 Å². The van der Waals surface area contributed by atoms with Gasteiger partial charge in [-0.1, -0.05) is 6.42 Å². The van der Waals surface area contributed by atoms with Gasteiger partial charge < -0.3 is 5.11 Å². The van der Waals surface area contributed by atoms with Crippen molar-refractivity contribution in [3.63, 3.8) is 0 Å². The van der Waals surface area contributed by atoms with E-state index in [0.717, 1.165) is 18.9 Å². The molecule has 1 unspecified atom stereocenters. The van der Waals surface area contributed by atoms with E-state index < -0.39 is 17.7 Å². The lowest BCUT2D eigenvalue weighted by atomic mass is 9.95. The number of aliphatic hydroxyl groups excluding tert-OH is 1. The van der Waals surface area contributed by atoms with Crippen LogP contribution in [0.4, 0.5) is 8.78 Å². The maximum absolute atomic E-state index is 13.5. The summed E-state index contributed by atoms with van der Waals surface area (Å²) in [7, 11) is 0. The number of hydrogen-bond donors (Lipinski definition) is 1. The summed E-state index contributed by atoms with van der Waals surface area (Å²) >= 11 is 0. The van der Waals surface area contributed by atoms with Crippen molar-refractivity contribution in [2.75, 3.05) is 0 Å². The average Bonchev–Trinajstić information content (AvgIpc) is 2.37. The fourth-order valence-corrected chi connectivity index (χ4v) is 2.28. The summed E-state index contributed by atoms with van der Waals surface area (Å²) in [5, 5.41) is 9.84. The molecule has 1 atom stereocenters. The largest absolute Gasteiger partial charge is 0.388 e. The van der Waals surface area contributed by atoms with Crippen molar-refractivity contribution in [2.24, 2.45) is 0 Å². The summed E-state index contributed by atoms with van der Waals surface area (Å²) in [6, 6.07) is 0.923. The third kappa shape index (κ3) is 1.76. The van der Waals surface area contributed by atoms with Crippen LogP contribution < -0.4 is 0 Å². The molecule has 0 aliphatic heterocycles. The van der Waals surface area contributed by atoms with Gasteiger partial charge in [-0.25, -0.2) is 8.78 Å². The van der Waals surface area contributed by atoms with Crippen molar-refractivity contribution in [3.05, 3.63) is 34.4 Å². The van der Waals surface area contributed by atoms with E-state index in [1.165, 1.54) is 0 Å². The average molecular weight is 212 g/mol. The Morgan fingerprint density at radius 2 is 2.00 bits per heavy atom. The second kappa shape index (κ2) is 3.89. The number of hydrogen-bond acceptors (Lipinski definition) is 1. The molecule has 1 aliphatic carbocycles. The fourth-order valence-electron chi connectivity index (χ4n) is 2.28. The third-order valence-electron chi connectivity index (χ3n) is 3.12. The first-order chi connectivity index (χ1) is 7.11. The molecule has 0 saturated carbocycles. The van der Waals surface area contributed by atoms with Crippen LogP contribution in [0.3, 0.4) is 0 Å². The SMILES string of the molecule is Cc1c(F)cc(F)c2c1C(O)CCCC2. The lowest BCUT2D eigenvalue weighted by molar-refractivity contribution is 0.165. The van der Waals surface area contributed by atoms with Gasteiger partial charge in [0.15, 0.2) is 0 Å². The van der Waals surface area contributed by atoms with E-state index in [1.807, 2.05) is 0 Å². The maximum atomic E-state index is 13.5. The van der Waals surface area contributed by atoms with Gasteiger partial charge in [0, 0.05) is 6.07 Å². The zero-order valence-electron chi connectivity index (χ0n) is 8.69. The molecule has 0 fully saturated rings. The van der Waals surface area contributed by atoms with E-state index in [-0.39, 0.29) is 0 Å². The summed E-state index contributed by atoms with van der Waals surface area (Å²) < 4.78 is 26.8. The Labute approximate surface area is 87.7 Å². The zero-order chi connectivity index (χ0) is 11.0. The maximum Gasteiger partial charge on any atom is 0.129 e. The van der Waals surface area contributed by atoms with Crippen LogP contribution in [0.25, 0.3) is 0 Å². The molecule has 0 amide bonds. The molecule has 1 aliphatic rings. The van der Waals surface area contributed by atoms with Gasteiger partial charge in [0.2, 0.25) is 0 Å². The van der Waals surface area contributed by atoms with Crippen molar-refractivity contribution >= 4 is 0 Å². The van der Waals surface area contributed by atoms with Crippen molar-refractivity contribution in [2.45, 2.75) is 38.7 Å². The summed E-state index contributed by atoms with van der Waals surface area (Å²) in [5.74, 6) is -1.08. The minimum atomic E-state index is -0.715. The zero-order valence-corrected chi connectivity index (χ0v) is 8.69. The molecule has 1 N–H and O–H groups in total. The van der Waals surface area contributed by atoms with Gasteiger partial charge in [-0.3, -0.25) is 0 Å². The molecule has 82 valence electrons. The van der Waals surface area contributed by atoms with Crippen LogP contribution in [0.5, 0.6) is 0 Å². The first-order valence-corrected chi connectivity index (χ1v) is 5.26. The number of halogens is 2. The van der Waals surface area contributed by atoms with E-state index in [9.17, 15) is 13.9 Å². The quantitative estimate of drug-likeness (QED) is 0.655. The second-order valence-corrected chi connectivity index (χ2v) is 4.12. The van der Waals surface area contributed by atoms with Crippen LogP contribution in [0.1, 0.15) is 42.1 Å². The molecule has 0 radical (unpaired) electrons. The molecular formula is C12H14F2O. The molecule has 1 aromatic rings. The number of aliphatic hydroxyl groups is 1. The highest BCUT2D eigenvalue weighted by atomic mass is 19.1. The highest BCUT2D eigenvalue weighted by Gasteiger charge is 2.23. The molecule has 15 heavy (non-hydrogen) atoms. The van der Waals surface area contributed by atoms with Crippen molar-refractivity contribution < 1.29 is 13.9 Å². The summed E-state index contributed by atoms with van der Waals surface area (Å²) in [6.07, 6.45) is 2.19. The standard InChI is InChI=1S/C12H14F2O/c1-7-9(13)6-10(14)8-4-2-3-5-11(15)12(7)8/h6,11,15H,2-5H2,1H3. The first-order valence-electron chi connectivity index (χ1n) is 5.26. The lowest BCUT2D eigenvalue weighted by Gasteiger charge is -2.16. The summed E-state index contributed by atoms with van der Waals surface area (Å²) in [6.45, 7) is 1.60. The Morgan fingerprint density at radius 3 is 2.73 bits per heavy atom. The van der Waals surface area contributed by atoms with Gasteiger partial charge in [-0.2, -0.15) is 0 Å². The minimum Gasteiger partial charge on any atom is -0.388 e. The molecular weight excluding hydrogens is 198 g/mol. The van der Waals surface area contributed by atoms with Crippen molar-refractivity contribution in [1.29, 1.82) is 0 Å². The Morgan fingerprint density at radius 1 is 1.27 bits per heavy atom. The Bertz CT molecular complexity index is 388. The summed E-state index contributed by atoms with van der Waals surface area (Å²) in [4.78, 5) is 0. The molecule has 2 rings (SSSR count). The number of fused-ring (bicyclic) bond motifs is 1. The molecule has 1 nitrogen and oxygen atoms in total. The van der Waals surface area contributed by atoms with Crippen LogP contribution in [0.2, 0.25) is 0 Å². The van der Waals surface area contributed by atoms with Crippen molar-refractivity contribution in [1.82, 2.24) is 0 Å². The Balaban J connectivity index is 2.63. The predicted octanol–water partition coefficient (Wildman–Crippen LogP) is 3.03. The van der Waals surface area contributed by atoms with Gasteiger partial charge in [0.25, 0.3) is 0 Å². The molecule has 0 spiro atoms. The van der Waals surface area contributed by atoms with E-state index in [1.54, 1.807) is 6.92 Å². The third-order valence-corrected chi connectivity index (χ3v) is 3.12. The van der Waals surface area contributed by atoms with E-state index in [4.69, 9.17) is 0 Å². The van der Waals surface area contributed by atoms with Crippen LogP contribution in [0.15, 0.2) is 6.07 Å². The predicted molar refractivity (Wildman–Crippen MR) is 53.6 cm³/mol. The lowest BCUT2D eigenvalue weighted by Crippen LogP contribution is -2.06. The molecule has 0 heterocycles. The van der Waals surface area contributed by atoms with E-state index >= 15 is 0 Å². The molecule has 3 heteroatoms. The van der Waals surface area contributed by atoms with Crippen LogP contribution in [-0.4, -0.2) is 5.11 Å². The molecule has 0 saturated heterocycles. The number of rotatable bonds is 0. The van der Waals surface area contributed by atoms with Crippen molar-refractivity contribution in [3.8, 4) is 0 Å². The highest BCUT2D eigenvalue weighted by molar-refractivity contribution is 5.39. The van der Waals surface area contributed by atoms with Gasteiger partial charge in [-0.15, -0.1) is 0 Å². The van der Waals surface area contributed by atoms with Crippen LogP contribution in [0, 0.1) is 18.6 Å². The van der Waals surface area contributed by atoms with Gasteiger partial charge in [-0.05, 0) is 42.9 Å². The minimum absolute atomic E-state index is 0.390. The van der Waals surface area contributed by atoms with Crippen LogP contribution >= 0.6 is 0 Å². The second-order valence-electron chi connectivity index (χ2n) is 4.12. The fraction of sp³-hybridized carbons (Fsp3) is 0.500. The molecule has 0 bridgehead atoms. The number of benzene rings is 1. The smallest absolute Gasteiger partial charge is 0.129 e. The Kier molecular flexibility index (Phi) is 2.74. The van der Waals surface area contributed by atoms with Gasteiger partial charge >= 0.3 is 0 Å². The highest BCUT2D eigenvalue weighted by Crippen LogP contribution is 2.33. The molecule has 1 aromatic carbocycles.